The van der Waals surface area contributed by atoms with Gasteiger partial charge in [0.25, 0.3) is 0 Å². The van der Waals surface area contributed by atoms with E-state index < -0.39 is 12.1 Å². The molecule has 0 aliphatic rings. The van der Waals surface area contributed by atoms with Crippen LogP contribution in [0.2, 0.25) is 0 Å². The van der Waals surface area contributed by atoms with Crippen LogP contribution < -0.4 is 0 Å². The summed E-state index contributed by atoms with van der Waals surface area (Å²) in [5.41, 5.74) is 0. The van der Waals surface area contributed by atoms with E-state index in [1.807, 2.05) is 19.0 Å². The lowest BCUT2D eigenvalue weighted by Gasteiger charge is -2.17. The van der Waals surface area contributed by atoms with Gasteiger partial charge in [0.1, 0.15) is 26.4 Å². The molecule has 0 saturated heterocycles. The van der Waals surface area contributed by atoms with Gasteiger partial charge < -0.3 is 23.8 Å². The second-order valence-electron chi connectivity index (χ2n) is 14.4. The lowest BCUT2D eigenvalue weighted by Crippen LogP contribution is -2.27. The fraction of sp³-hybridized carbons (Fsp3) is 0.756. The zero-order chi connectivity index (χ0) is 38.9. The highest BCUT2D eigenvalue weighted by atomic mass is 16.7. The van der Waals surface area contributed by atoms with Gasteiger partial charge in [-0.2, -0.15) is 0 Å². The quantitative estimate of drug-likeness (QED) is 0.0269. The van der Waals surface area contributed by atoms with Gasteiger partial charge in [0.2, 0.25) is 0 Å². The normalized spacial score (nSPS) is 12.5. The van der Waals surface area contributed by atoms with Crippen LogP contribution in [0.25, 0.3) is 0 Å². The average molecular weight is 746 g/mol. The summed E-state index contributed by atoms with van der Waals surface area (Å²) in [4.78, 5) is 38.8. The van der Waals surface area contributed by atoms with Crippen LogP contribution in [0.1, 0.15) is 168 Å². The second-order valence-corrected chi connectivity index (χ2v) is 14.4. The Morgan fingerprint density at radius 1 is 0.472 bits per heavy atom. The van der Waals surface area contributed by atoms with E-state index in [4.69, 9.17) is 18.9 Å². The van der Waals surface area contributed by atoms with E-state index in [9.17, 15) is 14.4 Å². The van der Waals surface area contributed by atoms with Gasteiger partial charge in [-0.3, -0.25) is 9.59 Å². The Bertz CT molecular complexity index is 910. The summed E-state index contributed by atoms with van der Waals surface area (Å²) in [5, 5.41) is 0. The van der Waals surface area contributed by atoms with E-state index in [0.717, 1.165) is 89.9 Å². The highest BCUT2D eigenvalue weighted by Crippen LogP contribution is 2.12. The predicted octanol–water partition coefficient (Wildman–Crippen LogP) is 12.0. The first-order valence-electron chi connectivity index (χ1n) is 21.2. The maximum absolute atomic E-state index is 12.4. The highest BCUT2D eigenvalue weighted by Gasteiger charge is 2.18. The molecule has 0 heterocycles. The minimum atomic E-state index is -0.787. The first-order chi connectivity index (χ1) is 25.9. The molecule has 0 fully saturated rings. The van der Waals surface area contributed by atoms with Crippen molar-refractivity contribution < 1.29 is 33.3 Å². The predicted molar refractivity (Wildman–Crippen MR) is 220 cm³/mol. The SMILES string of the molecule is CCCCCC=CCC=CCCCCCCCC(=O)OCC(COC(=O)CCCCCCCC=CCC=CCCCCC)COC(=O)OCCN(C)C. The van der Waals surface area contributed by atoms with E-state index in [-0.39, 0.29) is 38.4 Å². The van der Waals surface area contributed by atoms with E-state index >= 15 is 0 Å². The smallest absolute Gasteiger partial charge is 0.465 e. The topological polar surface area (TPSA) is 91.4 Å². The van der Waals surface area contributed by atoms with Gasteiger partial charge >= 0.3 is 18.1 Å². The van der Waals surface area contributed by atoms with Gasteiger partial charge in [-0.15, -0.1) is 0 Å². The Morgan fingerprint density at radius 2 is 0.849 bits per heavy atom. The largest absolute Gasteiger partial charge is 0.508 e. The van der Waals surface area contributed by atoms with E-state index in [2.05, 4.69) is 62.5 Å². The summed E-state index contributed by atoms with van der Waals surface area (Å²) in [5.74, 6) is -1.03. The van der Waals surface area contributed by atoms with Crippen molar-refractivity contribution in [1.29, 1.82) is 0 Å². The number of hydrogen-bond acceptors (Lipinski definition) is 8. The average Bonchev–Trinajstić information content (AvgIpc) is 3.14. The van der Waals surface area contributed by atoms with Crippen molar-refractivity contribution in [2.24, 2.45) is 5.92 Å². The number of hydrogen-bond donors (Lipinski definition) is 0. The molecule has 0 unspecified atom stereocenters. The van der Waals surface area contributed by atoms with Crippen LogP contribution in [-0.2, 0) is 28.5 Å². The Labute approximate surface area is 325 Å². The molecular weight excluding hydrogens is 666 g/mol. The molecule has 306 valence electrons. The summed E-state index contributed by atoms with van der Waals surface area (Å²) in [6, 6.07) is 0. The molecule has 0 saturated carbocycles. The maximum Gasteiger partial charge on any atom is 0.508 e. The molecule has 0 atom stereocenters. The van der Waals surface area contributed by atoms with Crippen molar-refractivity contribution in [1.82, 2.24) is 4.90 Å². The van der Waals surface area contributed by atoms with Crippen molar-refractivity contribution in [3.05, 3.63) is 48.6 Å². The van der Waals surface area contributed by atoms with Gasteiger partial charge in [0.05, 0.1) is 5.92 Å². The summed E-state index contributed by atoms with van der Waals surface area (Å²) < 4.78 is 21.3. The molecule has 0 aliphatic heterocycles. The highest BCUT2D eigenvalue weighted by molar-refractivity contribution is 5.69. The van der Waals surface area contributed by atoms with Crippen LogP contribution in [0.5, 0.6) is 0 Å². The Balaban J connectivity index is 4.24. The van der Waals surface area contributed by atoms with Crippen LogP contribution in [-0.4, -0.2) is 70.1 Å². The molecule has 53 heavy (non-hydrogen) atoms. The van der Waals surface area contributed by atoms with Gasteiger partial charge in [-0.25, -0.2) is 4.79 Å². The summed E-state index contributed by atoms with van der Waals surface area (Å²) in [7, 11) is 3.77. The number of ether oxygens (including phenoxy) is 4. The molecule has 0 aromatic heterocycles. The summed E-state index contributed by atoms with van der Waals surface area (Å²) >= 11 is 0. The molecule has 0 bridgehead atoms. The van der Waals surface area contributed by atoms with Gasteiger partial charge in [-0.1, -0.05) is 127 Å². The molecule has 0 amide bonds. The zero-order valence-corrected chi connectivity index (χ0v) is 34.5. The minimum absolute atomic E-state index is 0.0149. The number of carbonyl (C=O) groups excluding carboxylic acids is 3. The molecule has 0 radical (unpaired) electrons. The lowest BCUT2D eigenvalue weighted by atomic mass is 10.1. The van der Waals surface area contributed by atoms with Gasteiger partial charge in [0, 0.05) is 19.4 Å². The lowest BCUT2D eigenvalue weighted by molar-refractivity contribution is -0.150. The van der Waals surface area contributed by atoms with Crippen LogP contribution in [0.4, 0.5) is 4.79 Å². The first-order valence-corrected chi connectivity index (χ1v) is 21.2. The summed E-state index contributed by atoms with van der Waals surface area (Å²) in [6.45, 7) is 5.22. The van der Waals surface area contributed by atoms with Crippen molar-refractivity contribution in [3.8, 4) is 0 Å². The molecular formula is C45H79NO7. The second kappa shape index (κ2) is 40.3. The molecule has 0 aliphatic carbocycles. The van der Waals surface area contributed by atoms with E-state index in [0.29, 0.717) is 19.4 Å². The number of allylic oxidation sites excluding steroid dienone is 8. The summed E-state index contributed by atoms with van der Waals surface area (Å²) in [6.07, 6.45) is 42.7. The maximum atomic E-state index is 12.4. The molecule has 8 nitrogen and oxygen atoms in total. The van der Waals surface area contributed by atoms with Gasteiger partial charge in [-0.05, 0) is 91.1 Å². The molecule has 0 spiro atoms. The van der Waals surface area contributed by atoms with Crippen LogP contribution in [0, 0.1) is 5.92 Å². The standard InChI is InChI=1S/C45H79NO7/c1-5-7-9-11-13-15-17-19-21-23-25-27-29-31-33-35-43(47)51-39-42(41-53-45(49)50-38-37-46(3)4)40-52-44(48)36-34-32-30-28-26-24-22-20-18-16-14-12-10-8-6-2/h13-16,19-22,42H,5-12,17-18,23-41H2,1-4H3. The molecule has 0 aromatic carbocycles. The van der Waals surface area contributed by atoms with Crippen LogP contribution in [0.3, 0.4) is 0 Å². The number of nitrogens with zero attached hydrogens (tertiary/aromatic N) is 1. The number of rotatable bonds is 37. The molecule has 0 N–H and O–H groups in total. The number of carbonyl (C=O) groups is 3. The van der Waals surface area contributed by atoms with Crippen LogP contribution >= 0.6 is 0 Å². The first kappa shape index (κ1) is 50.1. The third-order valence-electron chi connectivity index (χ3n) is 8.82. The van der Waals surface area contributed by atoms with Crippen molar-refractivity contribution in [2.45, 2.75) is 168 Å². The monoisotopic (exact) mass is 746 g/mol. The number of esters is 2. The molecule has 0 aromatic rings. The Morgan fingerprint density at radius 3 is 1.26 bits per heavy atom. The molecule has 0 rings (SSSR count). The van der Waals surface area contributed by atoms with E-state index in [1.54, 1.807) is 0 Å². The third-order valence-corrected chi connectivity index (χ3v) is 8.82. The fourth-order valence-corrected chi connectivity index (χ4v) is 5.41. The van der Waals surface area contributed by atoms with Crippen LogP contribution in [0.15, 0.2) is 48.6 Å². The van der Waals surface area contributed by atoms with E-state index in [1.165, 1.54) is 51.4 Å². The molecule has 8 heteroatoms. The van der Waals surface area contributed by atoms with Crippen molar-refractivity contribution in [2.75, 3.05) is 47.1 Å². The zero-order valence-electron chi connectivity index (χ0n) is 34.5. The number of likely N-dealkylation sites (N-methyl/N-ethyl adjacent to an activating group) is 1. The Hall–Kier alpha value is -2.87. The number of unbranched alkanes of at least 4 members (excludes halogenated alkanes) is 16. The van der Waals surface area contributed by atoms with Crippen molar-refractivity contribution in [3.63, 3.8) is 0 Å². The van der Waals surface area contributed by atoms with Crippen molar-refractivity contribution >= 4 is 18.1 Å². The third kappa shape index (κ3) is 40.2. The fourth-order valence-electron chi connectivity index (χ4n) is 5.41. The minimum Gasteiger partial charge on any atom is -0.465 e. The van der Waals surface area contributed by atoms with Gasteiger partial charge in [0.15, 0.2) is 0 Å². The Kier molecular flexibility index (Phi) is 38.1.